The van der Waals surface area contributed by atoms with Crippen LogP contribution in [0.5, 0.6) is 5.75 Å². The van der Waals surface area contributed by atoms with Gasteiger partial charge in [-0.25, -0.2) is 0 Å². The number of carbonyl (C=O) groups is 2. The number of guanidine groups is 1. The molecule has 1 saturated carbocycles. The van der Waals surface area contributed by atoms with E-state index in [0.29, 0.717) is 50.8 Å². The lowest BCUT2D eigenvalue weighted by Gasteiger charge is -2.25. The minimum absolute atomic E-state index is 0. The standard InChI is InChI=1S/C20H28N4O3.HI/c1-21-20(22-11-12-24-18(25)7-4-8-19(24)26)23-13-16-5-2-3-6-17(16)27-14-15-9-10-15;/h2-3,5-6,15H,4,7-14H2,1H3,(H2,21,22,23);1H. The van der Waals surface area contributed by atoms with Crippen LogP contribution in [0, 0.1) is 5.92 Å². The predicted molar refractivity (Wildman–Crippen MR) is 119 cm³/mol. The molecule has 1 heterocycles. The number of hydrogen-bond acceptors (Lipinski definition) is 4. The van der Waals surface area contributed by atoms with Crippen LogP contribution in [0.3, 0.4) is 0 Å². The van der Waals surface area contributed by atoms with Crippen LogP contribution in [-0.2, 0) is 16.1 Å². The van der Waals surface area contributed by atoms with Gasteiger partial charge >= 0.3 is 0 Å². The van der Waals surface area contributed by atoms with Gasteiger partial charge in [0.15, 0.2) is 5.96 Å². The molecular formula is C20H29IN4O3. The van der Waals surface area contributed by atoms with Crippen LogP contribution in [0.2, 0.25) is 0 Å². The van der Waals surface area contributed by atoms with Crippen molar-refractivity contribution in [3.05, 3.63) is 29.8 Å². The van der Waals surface area contributed by atoms with E-state index in [1.807, 2.05) is 24.3 Å². The number of ether oxygens (including phenoxy) is 1. The van der Waals surface area contributed by atoms with E-state index >= 15 is 0 Å². The molecule has 3 rings (SSSR count). The van der Waals surface area contributed by atoms with Crippen molar-refractivity contribution in [3.63, 3.8) is 0 Å². The normalized spacial score (nSPS) is 17.2. The Balaban J connectivity index is 0.00000280. The van der Waals surface area contributed by atoms with E-state index in [0.717, 1.165) is 17.9 Å². The summed E-state index contributed by atoms with van der Waals surface area (Å²) < 4.78 is 5.93. The van der Waals surface area contributed by atoms with Gasteiger partial charge in [-0.05, 0) is 31.2 Å². The molecule has 2 amide bonds. The molecule has 0 aromatic heterocycles. The van der Waals surface area contributed by atoms with Crippen molar-refractivity contribution in [2.45, 2.75) is 38.6 Å². The molecular weight excluding hydrogens is 471 g/mol. The van der Waals surface area contributed by atoms with Crippen LogP contribution in [0.4, 0.5) is 0 Å². The lowest BCUT2D eigenvalue weighted by Crippen LogP contribution is -2.46. The third kappa shape index (κ3) is 6.65. The second-order valence-electron chi connectivity index (χ2n) is 7.01. The van der Waals surface area contributed by atoms with Crippen molar-refractivity contribution in [3.8, 4) is 5.75 Å². The highest BCUT2D eigenvalue weighted by atomic mass is 127. The maximum absolute atomic E-state index is 11.8. The van der Waals surface area contributed by atoms with E-state index in [1.165, 1.54) is 17.7 Å². The summed E-state index contributed by atoms with van der Waals surface area (Å²) in [6.45, 7) is 2.19. The number of benzene rings is 1. The number of nitrogens with one attached hydrogen (secondary N) is 2. The molecule has 154 valence electrons. The highest BCUT2D eigenvalue weighted by molar-refractivity contribution is 14.0. The molecule has 0 spiro atoms. The Morgan fingerprint density at radius 1 is 1.18 bits per heavy atom. The molecule has 2 aliphatic rings. The first-order valence-corrected chi connectivity index (χ1v) is 9.66. The van der Waals surface area contributed by atoms with Crippen LogP contribution in [0.1, 0.15) is 37.7 Å². The average Bonchev–Trinajstić information content (AvgIpc) is 3.50. The maximum Gasteiger partial charge on any atom is 0.229 e. The van der Waals surface area contributed by atoms with Crippen molar-refractivity contribution in [1.29, 1.82) is 0 Å². The van der Waals surface area contributed by atoms with Crippen LogP contribution < -0.4 is 15.4 Å². The zero-order valence-electron chi connectivity index (χ0n) is 16.3. The summed E-state index contributed by atoms with van der Waals surface area (Å²) in [4.78, 5) is 29.2. The second kappa shape index (κ2) is 11.2. The van der Waals surface area contributed by atoms with Crippen molar-refractivity contribution in [2.24, 2.45) is 10.9 Å². The first-order valence-electron chi connectivity index (χ1n) is 9.66. The number of rotatable bonds is 8. The summed E-state index contributed by atoms with van der Waals surface area (Å²) in [6.07, 6.45) is 4.09. The molecule has 1 saturated heterocycles. The summed E-state index contributed by atoms with van der Waals surface area (Å²) in [6, 6.07) is 7.99. The molecule has 1 aliphatic heterocycles. The van der Waals surface area contributed by atoms with E-state index in [2.05, 4.69) is 15.6 Å². The molecule has 28 heavy (non-hydrogen) atoms. The fourth-order valence-electron chi connectivity index (χ4n) is 3.02. The van der Waals surface area contributed by atoms with Crippen molar-refractivity contribution < 1.29 is 14.3 Å². The second-order valence-corrected chi connectivity index (χ2v) is 7.01. The Morgan fingerprint density at radius 2 is 1.89 bits per heavy atom. The number of aliphatic imine (C=N–C) groups is 1. The number of carbonyl (C=O) groups excluding carboxylic acids is 2. The molecule has 2 N–H and O–H groups in total. The summed E-state index contributed by atoms with van der Waals surface area (Å²) in [7, 11) is 1.70. The zero-order chi connectivity index (χ0) is 19.1. The number of hydrogen-bond donors (Lipinski definition) is 2. The third-order valence-corrected chi connectivity index (χ3v) is 4.83. The topological polar surface area (TPSA) is 83.0 Å². The van der Waals surface area contributed by atoms with Crippen LogP contribution in [0.15, 0.2) is 29.3 Å². The number of para-hydroxylation sites is 1. The number of likely N-dealkylation sites (tertiary alicyclic amines) is 1. The van der Waals surface area contributed by atoms with E-state index in [9.17, 15) is 9.59 Å². The zero-order valence-corrected chi connectivity index (χ0v) is 18.6. The Hall–Kier alpha value is -1.84. The Morgan fingerprint density at radius 3 is 2.57 bits per heavy atom. The molecule has 2 fully saturated rings. The third-order valence-electron chi connectivity index (χ3n) is 4.83. The van der Waals surface area contributed by atoms with Crippen molar-refractivity contribution in [2.75, 3.05) is 26.7 Å². The highest BCUT2D eigenvalue weighted by Gasteiger charge is 2.25. The van der Waals surface area contributed by atoms with Crippen LogP contribution in [0.25, 0.3) is 0 Å². The summed E-state index contributed by atoms with van der Waals surface area (Å²) in [5.74, 6) is 2.07. The molecule has 1 aromatic rings. The van der Waals surface area contributed by atoms with Crippen molar-refractivity contribution in [1.82, 2.24) is 15.5 Å². The average molecular weight is 500 g/mol. The van der Waals surface area contributed by atoms with Crippen LogP contribution in [-0.4, -0.2) is 49.4 Å². The van der Waals surface area contributed by atoms with Gasteiger partial charge in [0.2, 0.25) is 11.8 Å². The van der Waals surface area contributed by atoms with Gasteiger partial charge in [-0.1, -0.05) is 18.2 Å². The first kappa shape index (κ1) is 22.4. The van der Waals surface area contributed by atoms with Gasteiger partial charge in [0, 0.05) is 45.1 Å². The first-order chi connectivity index (χ1) is 13.2. The van der Waals surface area contributed by atoms with Crippen molar-refractivity contribution >= 4 is 41.8 Å². The Labute approximate surface area is 183 Å². The van der Waals surface area contributed by atoms with Gasteiger partial charge in [0.25, 0.3) is 0 Å². The van der Waals surface area contributed by atoms with Gasteiger partial charge in [-0.2, -0.15) is 0 Å². The quantitative estimate of drug-likeness (QED) is 0.248. The van der Waals surface area contributed by atoms with E-state index < -0.39 is 0 Å². The summed E-state index contributed by atoms with van der Waals surface area (Å²) in [5.41, 5.74) is 1.07. The largest absolute Gasteiger partial charge is 0.493 e. The smallest absolute Gasteiger partial charge is 0.229 e. The molecule has 7 nitrogen and oxygen atoms in total. The predicted octanol–water partition coefficient (Wildman–Crippen LogP) is 2.30. The molecule has 1 aromatic carbocycles. The number of nitrogens with zero attached hydrogens (tertiary/aromatic N) is 2. The van der Waals surface area contributed by atoms with E-state index in [-0.39, 0.29) is 35.8 Å². The van der Waals surface area contributed by atoms with E-state index in [4.69, 9.17) is 4.74 Å². The van der Waals surface area contributed by atoms with Gasteiger partial charge < -0.3 is 15.4 Å². The molecule has 8 heteroatoms. The molecule has 0 unspecified atom stereocenters. The highest BCUT2D eigenvalue weighted by Crippen LogP contribution is 2.30. The minimum atomic E-state index is -0.0854. The molecule has 0 atom stereocenters. The van der Waals surface area contributed by atoms with Gasteiger partial charge in [-0.3, -0.25) is 19.5 Å². The number of amides is 2. The minimum Gasteiger partial charge on any atom is -0.493 e. The van der Waals surface area contributed by atoms with E-state index in [1.54, 1.807) is 7.05 Å². The van der Waals surface area contributed by atoms with Gasteiger partial charge in [-0.15, -0.1) is 24.0 Å². The summed E-state index contributed by atoms with van der Waals surface area (Å²) in [5, 5.41) is 6.42. The molecule has 0 bridgehead atoms. The monoisotopic (exact) mass is 500 g/mol. The maximum atomic E-state index is 11.8. The Bertz CT molecular complexity index is 690. The molecule has 1 aliphatic carbocycles. The SMILES string of the molecule is CN=C(NCCN1C(=O)CCCC1=O)NCc1ccccc1OCC1CC1.I. The van der Waals surface area contributed by atoms with Gasteiger partial charge in [0.1, 0.15) is 5.75 Å². The fourth-order valence-corrected chi connectivity index (χ4v) is 3.02. The number of halogens is 1. The van der Waals surface area contributed by atoms with Crippen LogP contribution >= 0.6 is 24.0 Å². The summed E-state index contributed by atoms with van der Waals surface area (Å²) >= 11 is 0. The Kier molecular flexibility index (Phi) is 9.01. The number of piperidine rings is 1. The lowest BCUT2D eigenvalue weighted by atomic mass is 10.1. The number of imide groups is 1. The fraction of sp³-hybridized carbons (Fsp3) is 0.550. The van der Waals surface area contributed by atoms with Gasteiger partial charge in [0.05, 0.1) is 6.61 Å². The lowest BCUT2D eigenvalue weighted by molar-refractivity contribution is -0.147. The molecule has 0 radical (unpaired) electrons.